The maximum atomic E-state index is 13.5. The lowest BCUT2D eigenvalue weighted by Gasteiger charge is -2.39. The topological polar surface area (TPSA) is 132 Å². The van der Waals surface area contributed by atoms with Crippen molar-refractivity contribution in [2.45, 2.75) is 18.4 Å². The molecular weight excluding hydrogens is 442 g/mol. The minimum Gasteiger partial charge on any atom is -0.371 e. The number of rotatable bonds is 8. The molecule has 2 aromatic rings. The first-order chi connectivity index (χ1) is 16.3. The molecule has 0 bridgehead atoms. The van der Waals surface area contributed by atoms with Gasteiger partial charge in [0.25, 0.3) is 5.91 Å². The second-order valence-corrected chi connectivity index (χ2v) is 8.16. The van der Waals surface area contributed by atoms with Crippen LogP contribution in [0.25, 0.3) is 0 Å². The Balaban J connectivity index is 1.75. The summed E-state index contributed by atoms with van der Waals surface area (Å²) in [5, 5.41) is 19.1. The molecule has 7 N–H and O–H groups in total. The molecule has 1 aliphatic heterocycles. The Morgan fingerprint density at radius 3 is 2.26 bits per heavy atom. The number of guanidine groups is 1. The van der Waals surface area contributed by atoms with Crippen LogP contribution in [-0.2, 0) is 9.59 Å². The number of fused-ring (bicyclic) bond motifs is 1. The van der Waals surface area contributed by atoms with Crippen LogP contribution in [0.2, 0.25) is 0 Å². The number of nitrogens with one attached hydrogen (secondary N) is 5. The fourth-order valence-corrected chi connectivity index (χ4v) is 4.12. The first kappa shape index (κ1) is 23.0. The number of imide groups is 1. The first-order valence-corrected chi connectivity index (χ1v) is 10.7. The Morgan fingerprint density at radius 1 is 1.03 bits per heavy atom. The molecule has 0 spiro atoms. The van der Waals surface area contributed by atoms with Gasteiger partial charge in [0.05, 0.1) is 11.5 Å². The average Bonchev–Trinajstić information content (AvgIpc) is 3.07. The molecule has 4 rings (SSSR count). The van der Waals surface area contributed by atoms with Gasteiger partial charge in [0, 0.05) is 29.2 Å². The van der Waals surface area contributed by atoms with Crippen LogP contribution in [0.15, 0.2) is 72.0 Å². The quantitative estimate of drug-likeness (QED) is 0.153. The summed E-state index contributed by atoms with van der Waals surface area (Å²) < 4.78 is 27.0. The third-order valence-electron chi connectivity index (χ3n) is 5.73. The molecule has 1 saturated heterocycles. The maximum absolute atomic E-state index is 13.5. The van der Waals surface area contributed by atoms with Crippen molar-refractivity contribution in [3.05, 3.63) is 83.6 Å². The molecular formula is C24H24F2N6O2. The number of anilines is 2. The molecule has 8 nitrogen and oxygen atoms in total. The minimum atomic E-state index is -1.00. The van der Waals surface area contributed by atoms with Gasteiger partial charge in [-0.15, -0.1) is 0 Å². The van der Waals surface area contributed by atoms with Gasteiger partial charge in [0.15, 0.2) is 5.96 Å². The van der Waals surface area contributed by atoms with Gasteiger partial charge in [-0.1, -0.05) is 0 Å². The second-order valence-electron chi connectivity index (χ2n) is 8.16. The molecule has 0 aromatic heterocycles. The van der Waals surface area contributed by atoms with E-state index in [0.29, 0.717) is 42.0 Å². The Labute approximate surface area is 194 Å². The predicted molar refractivity (Wildman–Crippen MR) is 125 cm³/mol. The van der Waals surface area contributed by atoms with Crippen molar-refractivity contribution in [3.8, 4) is 0 Å². The van der Waals surface area contributed by atoms with Crippen LogP contribution in [-0.4, -0.2) is 29.9 Å². The van der Waals surface area contributed by atoms with Crippen LogP contribution in [0.5, 0.6) is 0 Å². The van der Waals surface area contributed by atoms with Crippen LogP contribution >= 0.6 is 0 Å². The molecule has 2 aliphatic rings. The SMILES string of the molecule is N=C(N)NCCCC1(Nc2ccc(F)cc2)C=C2C(=O)NC(=O)C2C=C1Nc1ccc(F)cc1. The van der Waals surface area contributed by atoms with Crippen LogP contribution in [0.3, 0.4) is 0 Å². The monoisotopic (exact) mass is 466 g/mol. The van der Waals surface area contributed by atoms with Crippen LogP contribution in [0.4, 0.5) is 20.2 Å². The third kappa shape index (κ3) is 4.90. The smallest absolute Gasteiger partial charge is 0.254 e. The van der Waals surface area contributed by atoms with E-state index in [1.807, 2.05) is 0 Å². The molecule has 10 heteroatoms. The van der Waals surface area contributed by atoms with E-state index in [2.05, 4.69) is 21.3 Å². The van der Waals surface area contributed by atoms with E-state index in [1.54, 1.807) is 36.4 Å². The zero-order valence-corrected chi connectivity index (χ0v) is 18.1. The highest BCUT2D eigenvalue weighted by Crippen LogP contribution is 2.39. The van der Waals surface area contributed by atoms with E-state index < -0.39 is 34.9 Å². The predicted octanol–water partition coefficient (Wildman–Crippen LogP) is 2.59. The number of benzene rings is 2. The maximum Gasteiger partial charge on any atom is 0.254 e. The lowest BCUT2D eigenvalue weighted by molar-refractivity contribution is -0.125. The Morgan fingerprint density at radius 2 is 1.65 bits per heavy atom. The number of carbonyl (C=O) groups is 2. The van der Waals surface area contributed by atoms with Gasteiger partial charge in [-0.25, -0.2) is 8.78 Å². The molecule has 2 aromatic carbocycles. The highest BCUT2D eigenvalue weighted by atomic mass is 19.1. The lowest BCUT2D eigenvalue weighted by atomic mass is 9.78. The molecule has 2 unspecified atom stereocenters. The van der Waals surface area contributed by atoms with Crippen molar-refractivity contribution in [2.24, 2.45) is 11.7 Å². The van der Waals surface area contributed by atoms with Gasteiger partial charge in [-0.3, -0.25) is 20.3 Å². The standard InChI is InChI=1S/C24H24F2N6O2/c25-14-2-6-16(7-3-14)30-20-12-18-19(22(34)31-21(18)33)13-24(20,10-1-11-29-23(27)28)32-17-8-4-15(26)5-9-17/h2-9,12-13,18,30,32H,1,10-11H2,(H4,27,28,29)(H,31,33,34). The molecule has 0 radical (unpaired) electrons. The summed E-state index contributed by atoms with van der Waals surface area (Å²) in [7, 11) is 0. The van der Waals surface area contributed by atoms with Gasteiger partial charge in [-0.2, -0.15) is 0 Å². The van der Waals surface area contributed by atoms with Crippen molar-refractivity contribution in [1.82, 2.24) is 10.6 Å². The minimum absolute atomic E-state index is 0.163. The van der Waals surface area contributed by atoms with E-state index in [0.717, 1.165) is 0 Å². The summed E-state index contributed by atoms with van der Waals surface area (Å²) in [6, 6.07) is 11.5. The van der Waals surface area contributed by atoms with Crippen molar-refractivity contribution < 1.29 is 18.4 Å². The summed E-state index contributed by atoms with van der Waals surface area (Å²) in [6.07, 6.45) is 4.33. The summed E-state index contributed by atoms with van der Waals surface area (Å²) in [5.74, 6) is -2.62. The van der Waals surface area contributed by atoms with E-state index in [-0.39, 0.29) is 5.96 Å². The highest BCUT2D eigenvalue weighted by Gasteiger charge is 2.45. The number of nitrogens with two attached hydrogens (primary N) is 1. The van der Waals surface area contributed by atoms with Crippen molar-refractivity contribution in [1.29, 1.82) is 5.41 Å². The van der Waals surface area contributed by atoms with E-state index in [4.69, 9.17) is 11.1 Å². The Bertz CT molecular complexity index is 1180. The molecule has 176 valence electrons. The normalized spacial score (nSPS) is 21.2. The summed E-state index contributed by atoms with van der Waals surface area (Å²) in [6.45, 7) is 0.393. The van der Waals surface area contributed by atoms with Gasteiger partial charge < -0.3 is 21.7 Å². The molecule has 1 aliphatic carbocycles. The fourth-order valence-electron chi connectivity index (χ4n) is 4.12. The first-order valence-electron chi connectivity index (χ1n) is 10.7. The van der Waals surface area contributed by atoms with Gasteiger partial charge in [0.1, 0.15) is 11.6 Å². The number of halogens is 2. The number of hydrogen-bond donors (Lipinski definition) is 6. The summed E-state index contributed by atoms with van der Waals surface area (Å²) in [5.41, 5.74) is 6.45. The molecule has 2 atom stereocenters. The van der Waals surface area contributed by atoms with Crippen molar-refractivity contribution in [3.63, 3.8) is 0 Å². The van der Waals surface area contributed by atoms with Gasteiger partial charge >= 0.3 is 0 Å². The van der Waals surface area contributed by atoms with Crippen LogP contribution in [0, 0.1) is 23.0 Å². The fraction of sp³-hybridized carbons (Fsp3) is 0.208. The zero-order valence-electron chi connectivity index (χ0n) is 18.1. The Hall–Kier alpha value is -4.21. The van der Waals surface area contributed by atoms with E-state index >= 15 is 0 Å². The molecule has 1 heterocycles. The van der Waals surface area contributed by atoms with E-state index in [1.165, 1.54) is 24.3 Å². The number of hydrogen-bond acceptors (Lipinski definition) is 5. The second kappa shape index (κ2) is 9.34. The molecule has 1 fully saturated rings. The number of amides is 2. The Kier molecular flexibility index (Phi) is 6.31. The van der Waals surface area contributed by atoms with Gasteiger partial charge in [0.2, 0.25) is 5.91 Å². The molecule has 34 heavy (non-hydrogen) atoms. The van der Waals surface area contributed by atoms with Crippen LogP contribution < -0.4 is 27.0 Å². The van der Waals surface area contributed by atoms with E-state index in [9.17, 15) is 18.4 Å². The average molecular weight is 466 g/mol. The van der Waals surface area contributed by atoms with Crippen LogP contribution in [0.1, 0.15) is 12.8 Å². The van der Waals surface area contributed by atoms with Crippen molar-refractivity contribution in [2.75, 3.05) is 17.2 Å². The zero-order chi connectivity index (χ0) is 24.3. The largest absolute Gasteiger partial charge is 0.371 e. The molecule has 0 saturated carbocycles. The third-order valence-corrected chi connectivity index (χ3v) is 5.73. The number of carbonyl (C=O) groups excluding carboxylic acids is 2. The van der Waals surface area contributed by atoms with Crippen molar-refractivity contribution >= 4 is 29.1 Å². The highest BCUT2D eigenvalue weighted by molar-refractivity contribution is 6.16. The molecule has 2 amide bonds. The van der Waals surface area contributed by atoms with Gasteiger partial charge in [-0.05, 0) is 73.5 Å². The summed E-state index contributed by atoms with van der Waals surface area (Å²) >= 11 is 0. The lowest BCUT2D eigenvalue weighted by Crippen LogP contribution is -2.45. The summed E-state index contributed by atoms with van der Waals surface area (Å²) in [4.78, 5) is 24.9.